The lowest BCUT2D eigenvalue weighted by Crippen LogP contribution is -2.21. The largest absolute Gasteiger partial charge is 0.381 e. The molecule has 22 heavy (non-hydrogen) atoms. The van der Waals surface area contributed by atoms with E-state index in [1.165, 1.54) is 11.6 Å². The first-order chi connectivity index (χ1) is 10.7. The average Bonchev–Trinajstić information content (AvgIpc) is 2.70. The second-order valence-electron chi connectivity index (χ2n) is 6.08. The quantitative estimate of drug-likeness (QED) is 0.835. The number of nitrogens with one attached hydrogen (secondary N) is 2. The molecule has 0 aromatic heterocycles. The summed E-state index contributed by atoms with van der Waals surface area (Å²) in [6.45, 7) is 1.98. The molecule has 0 amide bonds. The molecule has 2 nitrogen and oxygen atoms in total. The van der Waals surface area contributed by atoms with Crippen LogP contribution < -0.4 is 10.6 Å². The van der Waals surface area contributed by atoms with Gasteiger partial charge in [0.05, 0.1) is 0 Å². The first-order valence-electron chi connectivity index (χ1n) is 7.79. The van der Waals surface area contributed by atoms with Gasteiger partial charge in [0.15, 0.2) is 0 Å². The fourth-order valence-electron chi connectivity index (χ4n) is 3.79. The van der Waals surface area contributed by atoms with Crippen LogP contribution in [0.4, 0.5) is 14.5 Å². The molecule has 0 unspecified atom stereocenters. The Kier molecular flexibility index (Phi) is 3.34. The van der Waals surface area contributed by atoms with Crippen molar-refractivity contribution >= 4 is 5.69 Å². The van der Waals surface area contributed by atoms with E-state index in [1.807, 2.05) is 12.1 Å². The minimum atomic E-state index is -0.538. The fourth-order valence-corrected chi connectivity index (χ4v) is 3.79. The van der Waals surface area contributed by atoms with Gasteiger partial charge in [-0.15, -0.1) is 0 Å². The lowest BCUT2D eigenvalue weighted by Gasteiger charge is -2.18. The van der Waals surface area contributed by atoms with Gasteiger partial charge >= 0.3 is 0 Å². The standard InChI is InChI=1S/C18H18F2N2/c19-11-4-5-12(15(20)10-11)13-2-1-3-17-18(13)14-6-8-21-9-7-16(14)22-17/h1-5,10,14,16,21-22H,6-9H2/t14-,16-/m0/s1. The van der Waals surface area contributed by atoms with E-state index in [9.17, 15) is 8.78 Å². The summed E-state index contributed by atoms with van der Waals surface area (Å²) in [6, 6.07) is 10.2. The van der Waals surface area contributed by atoms with Crippen LogP contribution in [0.25, 0.3) is 11.1 Å². The van der Waals surface area contributed by atoms with Crippen LogP contribution in [0.2, 0.25) is 0 Å². The molecule has 2 atom stereocenters. The molecule has 2 aliphatic heterocycles. The van der Waals surface area contributed by atoms with Crippen molar-refractivity contribution in [3.05, 3.63) is 53.6 Å². The second-order valence-corrected chi connectivity index (χ2v) is 6.08. The third kappa shape index (κ3) is 2.18. The van der Waals surface area contributed by atoms with E-state index >= 15 is 0 Å². The molecule has 2 aromatic carbocycles. The molecule has 0 spiro atoms. The van der Waals surface area contributed by atoms with Crippen molar-refractivity contribution in [3.8, 4) is 11.1 Å². The summed E-state index contributed by atoms with van der Waals surface area (Å²) in [7, 11) is 0. The van der Waals surface area contributed by atoms with Crippen LogP contribution in [0.15, 0.2) is 36.4 Å². The SMILES string of the molecule is Fc1ccc(-c2cccc3c2[C@H]2CCNCC[C@@H]2N3)c(F)c1. The topological polar surface area (TPSA) is 24.1 Å². The van der Waals surface area contributed by atoms with Gasteiger partial charge in [-0.1, -0.05) is 12.1 Å². The van der Waals surface area contributed by atoms with E-state index in [0.29, 0.717) is 17.5 Å². The van der Waals surface area contributed by atoms with Gasteiger partial charge in [0.25, 0.3) is 0 Å². The highest BCUT2D eigenvalue weighted by Crippen LogP contribution is 2.45. The van der Waals surface area contributed by atoms with Gasteiger partial charge in [-0.25, -0.2) is 8.78 Å². The zero-order chi connectivity index (χ0) is 15.1. The monoisotopic (exact) mass is 300 g/mol. The molecule has 1 fully saturated rings. The van der Waals surface area contributed by atoms with Gasteiger partial charge in [0, 0.05) is 29.3 Å². The van der Waals surface area contributed by atoms with Gasteiger partial charge < -0.3 is 10.6 Å². The molecule has 4 heteroatoms. The van der Waals surface area contributed by atoms with E-state index < -0.39 is 11.6 Å². The Balaban J connectivity index is 1.84. The van der Waals surface area contributed by atoms with Gasteiger partial charge in [-0.2, -0.15) is 0 Å². The van der Waals surface area contributed by atoms with Gasteiger partial charge in [0.1, 0.15) is 11.6 Å². The highest BCUT2D eigenvalue weighted by molar-refractivity contribution is 5.78. The summed E-state index contributed by atoms with van der Waals surface area (Å²) in [5.41, 5.74) is 3.65. The van der Waals surface area contributed by atoms with E-state index in [2.05, 4.69) is 16.7 Å². The number of rotatable bonds is 1. The van der Waals surface area contributed by atoms with Crippen molar-refractivity contribution in [3.63, 3.8) is 0 Å². The molecule has 1 saturated heterocycles. The summed E-state index contributed by atoms with van der Waals surface area (Å²) in [5.74, 6) is -0.655. The van der Waals surface area contributed by atoms with Crippen molar-refractivity contribution in [2.45, 2.75) is 24.8 Å². The third-order valence-electron chi connectivity index (χ3n) is 4.79. The van der Waals surface area contributed by atoms with Crippen LogP contribution in [-0.4, -0.2) is 19.1 Å². The van der Waals surface area contributed by atoms with Gasteiger partial charge in [0.2, 0.25) is 0 Å². The number of hydrogen-bond acceptors (Lipinski definition) is 2. The van der Waals surface area contributed by atoms with Crippen LogP contribution in [0.3, 0.4) is 0 Å². The highest BCUT2D eigenvalue weighted by atomic mass is 19.1. The maximum absolute atomic E-state index is 14.2. The smallest absolute Gasteiger partial charge is 0.133 e. The van der Waals surface area contributed by atoms with E-state index in [4.69, 9.17) is 0 Å². The van der Waals surface area contributed by atoms with Gasteiger partial charge in [-0.3, -0.25) is 0 Å². The Hall–Kier alpha value is -1.94. The minimum Gasteiger partial charge on any atom is -0.381 e. The predicted molar refractivity (Wildman–Crippen MR) is 84.0 cm³/mol. The average molecular weight is 300 g/mol. The lowest BCUT2D eigenvalue weighted by atomic mass is 9.86. The summed E-state index contributed by atoms with van der Waals surface area (Å²) in [6.07, 6.45) is 2.09. The second kappa shape index (κ2) is 5.36. The molecule has 0 radical (unpaired) electrons. The molecular formula is C18H18F2N2. The first kappa shape index (κ1) is 13.7. The summed E-state index contributed by atoms with van der Waals surface area (Å²) < 4.78 is 27.4. The zero-order valence-electron chi connectivity index (χ0n) is 12.2. The van der Waals surface area contributed by atoms with Crippen molar-refractivity contribution in [2.75, 3.05) is 18.4 Å². The Labute approximate surface area is 128 Å². The van der Waals surface area contributed by atoms with Crippen molar-refractivity contribution < 1.29 is 8.78 Å². The molecular weight excluding hydrogens is 282 g/mol. The zero-order valence-corrected chi connectivity index (χ0v) is 12.2. The van der Waals surface area contributed by atoms with E-state index in [1.54, 1.807) is 6.07 Å². The van der Waals surface area contributed by atoms with E-state index in [0.717, 1.165) is 43.2 Å². The summed E-state index contributed by atoms with van der Waals surface area (Å²) in [5, 5.41) is 7.00. The maximum Gasteiger partial charge on any atom is 0.133 e. The fraction of sp³-hybridized carbons (Fsp3) is 0.333. The molecule has 0 aliphatic carbocycles. The highest BCUT2D eigenvalue weighted by Gasteiger charge is 2.35. The number of benzene rings is 2. The van der Waals surface area contributed by atoms with Gasteiger partial charge in [-0.05, 0) is 55.3 Å². The number of halogens is 2. The molecule has 2 heterocycles. The number of anilines is 1. The number of hydrogen-bond donors (Lipinski definition) is 2. The Bertz CT molecular complexity index is 714. The first-order valence-corrected chi connectivity index (χ1v) is 7.79. The molecule has 2 N–H and O–H groups in total. The lowest BCUT2D eigenvalue weighted by molar-refractivity contribution is 0.576. The minimum absolute atomic E-state index is 0.380. The normalized spacial score (nSPS) is 23.4. The Morgan fingerprint density at radius 3 is 2.68 bits per heavy atom. The molecule has 114 valence electrons. The van der Waals surface area contributed by atoms with Crippen LogP contribution in [0, 0.1) is 11.6 Å². The molecule has 2 aromatic rings. The summed E-state index contributed by atoms with van der Waals surface area (Å²) >= 11 is 0. The molecule has 0 bridgehead atoms. The third-order valence-corrected chi connectivity index (χ3v) is 4.79. The van der Waals surface area contributed by atoms with Crippen molar-refractivity contribution in [1.82, 2.24) is 5.32 Å². The summed E-state index contributed by atoms with van der Waals surface area (Å²) in [4.78, 5) is 0. The molecule has 0 saturated carbocycles. The van der Waals surface area contributed by atoms with Crippen molar-refractivity contribution in [2.24, 2.45) is 0 Å². The maximum atomic E-state index is 14.2. The Morgan fingerprint density at radius 1 is 0.955 bits per heavy atom. The van der Waals surface area contributed by atoms with Crippen LogP contribution in [0.5, 0.6) is 0 Å². The van der Waals surface area contributed by atoms with E-state index in [-0.39, 0.29) is 0 Å². The predicted octanol–water partition coefficient (Wildman–Crippen LogP) is 3.89. The Morgan fingerprint density at radius 2 is 1.82 bits per heavy atom. The van der Waals surface area contributed by atoms with Crippen molar-refractivity contribution in [1.29, 1.82) is 0 Å². The van der Waals surface area contributed by atoms with Crippen LogP contribution in [-0.2, 0) is 0 Å². The number of fused-ring (bicyclic) bond motifs is 3. The van der Waals surface area contributed by atoms with Crippen LogP contribution >= 0.6 is 0 Å². The van der Waals surface area contributed by atoms with Crippen LogP contribution in [0.1, 0.15) is 24.3 Å². The molecule has 2 aliphatic rings. The molecule has 4 rings (SSSR count).